The predicted octanol–water partition coefficient (Wildman–Crippen LogP) is 3.54. The monoisotopic (exact) mass is 222 g/mol. The molecule has 0 aliphatic carbocycles. The normalized spacial score (nSPS) is 15.5. The van der Waals surface area contributed by atoms with Crippen molar-refractivity contribution in [2.75, 3.05) is 23.9 Å². The maximum Gasteiger partial charge on any atom is 0.121 e. The molecule has 0 aromatic carbocycles. The molecule has 0 fully saturated rings. The van der Waals surface area contributed by atoms with Crippen molar-refractivity contribution in [1.29, 1.82) is 0 Å². The van der Waals surface area contributed by atoms with Crippen LogP contribution in [-0.2, 0) is 0 Å². The lowest BCUT2D eigenvalue weighted by Crippen LogP contribution is -2.21. The minimum atomic E-state index is 0.607. The summed E-state index contributed by atoms with van der Waals surface area (Å²) < 4.78 is 0. The van der Waals surface area contributed by atoms with Crippen LogP contribution in [0.5, 0.6) is 0 Å². The molecule has 15 heavy (non-hydrogen) atoms. The van der Waals surface area contributed by atoms with E-state index < -0.39 is 0 Å². The molecule has 2 rings (SSSR count). The molecule has 2 nitrogen and oxygen atoms in total. The predicted molar refractivity (Wildman–Crippen MR) is 69.1 cm³/mol. The molecule has 3 heteroatoms. The van der Waals surface area contributed by atoms with Gasteiger partial charge < -0.3 is 9.80 Å². The third kappa shape index (κ3) is 1.29. The largest absolute Gasteiger partial charge is 0.329 e. The smallest absolute Gasteiger partial charge is 0.121 e. The Labute approximate surface area is 95.8 Å². The van der Waals surface area contributed by atoms with E-state index in [1.54, 1.807) is 0 Å². The van der Waals surface area contributed by atoms with E-state index in [0.29, 0.717) is 5.92 Å². The SMILES string of the molecule is C=C1N(C)c2sc(C(C)C)c(C)c2N1C. The number of hydrogen-bond acceptors (Lipinski definition) is 3. The molecule has 1 aliphatic heterocycles. The van der Waals surface area contributed by atoms with E-state index in [2.05, 4.69) is 51.2 Å². The highest BCUT2D eigenvalue weighted by Crippen LogP contribution is 2.50. The Bertz CT molecular complexity index is 418. The topological polar surface area (TPSA) is 6.48 Å². The molecule has 1 aromatic heterocycles. The van der Waals surface area contributed by atoms with Crippen molar-refractivity contribution in [3.05, 3.63) is 22.8 Å². The van der Waals surface area contributed by atoms with Gasteiger partial charge in [-0.15, -0.1) is 11.3 Å². The number of thiophene rings is 1. The van der Waals surface area contributed by atoms with Crippen LogP contribution < -0.4 is 9.80 Å². The molecular formula is C12H18N2S. The fraction of sp³-hybridized carbons (Fsp3) is 0.500. The molecule has 1 aromatic rings. The van der Waals surface area contributed by atoms with Crippen LogP contribution in [-0.4, -0.2) is 14.1 Å². The van der Waals surface area contributed by atoms with Gasteiger partial charge in [0.15, 0.2) is 0 Å². The summed E-state index contributed by atoms with van der Waals surface area (Å²) in [5, 5.41) is 1.34. The molecule has 0 atom stereocenters. The molecule has 0 amide bonds. The van der Waals surface area contributed by atoms with Crippen LogP contribution in [0.25, 0.3) is 0 Å². The summed E-state index contributed by atoms with van der Waals surface area (Å²) in [7, 11) is 4.18. The van der Waals surface area contributed by atoms with Gasteiger partial charge >= 0.3 is 0 Å². The van der Waals surface area contributed by atoms with E-state index in [9.17, 15) is 0 Å². The molecule has 0 radical (unpaired) electrons. The van der Waals surface area contributed by atoms with Crippen LogP contribution in [0, 0.1) is 6.92 Å². The summed E-state index contributed by atoms with van der Waals surface area (Å²) in [6, 6.07) is 0. The van der Waals surface area contributed by atoms with Crippen molar-refractivity contribution >= 4 is 22.0 Å². The summed E-state index contributed by atoms with van der Waals surface area (Å²) in [5.41, 5.74) is 2.76. The molecule has 0 bridgehead atoms. The first-order chi connectivity index (χ1) is 6.95. The summed E-state index contributed by atoms with van der Waals surface area (Å²) in [6.07, 6.45) is 0. The Morgan fingerprint density at radius 2 is 1.80 bits per heavy atom. The zero-order chi connectivity index (χ0) is 11.3. The lowest BCUT2D eigenvalue weighted by Gasteiger charge is -2.18. The summed E-state index contributed by atoms with van der Waals surface area (Å²) >= 11 is 1.90. The minimum absolute atomic E-state index is 0.607. The number of fused-ring (bicyclic) bond motifs is 1. The Balaban J connectivity index is 2.59. The first-order valence-corrected chi connectivity index (χ1v) is 6.06. The number of hydrogen-bond donors (Lipinski definition) is 0. The third-order valence-electron chi connectivity index (χ3n) is 3.07. The fourth-order valence-electron chi connectivity index (χ4n) is 2.15. The van der Waals surface area contributed by atoms with Crippen molar-refractivity contribution < 1.29 is 0 Å². The van der Waals surface area contributed by atoms with Gasteiger partial charge in [0.05, 0.1) is 5.69 Å². The lowest BCUT2D eigenvalue weighted by molar-refractivity contribution is 0.879. The maximum absolute atomic E-state index is 4.08. The van der Waals surface area contributed by atoms with E-state index in [1.165, 1.54) is 21.1 Å². The van der Waals surface area contributed by atoms with Crippen LogP contribution in [0.15, 0.2) is 12.4 Å². The van der Waals surface area contributed by atoms with Crippen molar-refractivity contribution in [1.82, 2.24) is 0 Å². The van der Waals surface area contributed by atoms with E-state index >= 15 is 0 Å². The average molecular weight is 222 g/mol. The molecule has 2 heterocycles. The van der Waals surface area contributed by atoms with Gasteiger partial charge in [0, 0.05) is 19.0 Å². The van der Waals surface area contributed by atoms with Gasteiger partial charge in [-0.05, 0) is 18.4 Å². The number of anilines is 2. The second-order valence-corrected chi connectivity index (χ2v) is 5.46. The van der Waals surface area contributed by atoms with Gasteiger partial charge in [-0.1, -0.05) is 20.4 Å². The van der Waals surface area contributed by atoms with Crippen molar-refractivity contribution in [3.8, 4) is 0 Å². The molecule has 0 saturated heterocycles. The van der Waals surface area contributed by atoms with Gasteiger partial charge in [0.1, 0.15) is 10.8 Å². The second kappa shape index (κ2) is 3.27. The zero-order valence-corrected chi connectivity index (χ0v) is 10.9. The van der Waals surface area contributed by atoms with Crippen molar-refractivity contribution in [2.24, 2.45) is 0 Å². The second-order valence-electron chi connectivity index (χ2n) is 4.43. The Morgan fingerprint density at radius 3 is 2.27 bits per heavy atom. The third-order valence-corrected chi connectivity index (χ3v) is 4.73. The Morgan fingerprint density at radius 1 is 1.20 bits per heavy atom. The van der Waals surface area contributed by atoms with Gasteiger partial charge in [-0.25, -0.2) is 0 Å². The van der Waals surface area contributed by atoms with Crippen LogP contribution >= 0.6 is 11.3 Å². The minimum Gasteiger partial charge on any atom is -0.329 e. The molecule has 0 unspecified atom stereocenters. The average Bonchev–Trinajstić information content (AvgIpc) is 2.61. The van der Waals surface area contributed by atoms with Crippen molar-refractivity contribution in [3.63, 3.8) is 0 Å². The van der Waals surface area contributed by atoms with Crippen LogP contribution in [0.4, 0.5) is 10.7 Å². The molecular weight excluding hydrogens is 204 g/mol. The van der Waals surface area contributed by atoms with Gasteiger partial charge in [-0.2, -0.15) is 0 Å². The standard InChI is InChI=1S/C12H18N2S/c1-7(2)11-8(3)10-12(15-11)14(6)9(4)13(10)5/h7H,4H2,1-3,5-6H3. The number of rotatable bonds is 1. The van der Waals surface area contributed by atoms with E-state index in [1.807, 2.05) is 11.3 Å². The van der Waals surface area contributed by atoms with Gasteiger partial charge in [0.25, 0.3) is 0 Å². The van der Waals surface area contributed by atoms with Gasteiger partial charge in [0.2, 0.25) is 0 Å². The highest BCUT2D eigenvalue weighted by atomic mass is 32.1. The van der Waals surface area contributed by atoms with E-state index in [4.69, 9.17) is 0 Å². The van der Waals surface area contributed by atoms with Crippen LogP contribution in [0.2, 0.25) is 0 Å². The molecule has 1 aliphatic rings. The van der Waals surface area contributed by atoms with Crippen LogP contribution in [0.3, 0.4) is 0 Å². The van der Waals surface area contributed by atoms with Crippen LogP contribution in [0.1, 0.15) is 30.2 Å². The molecule has 0 N–H and O–H groups in total. The highest BCUT2D eigenvalue weighted by Gasteiger charge is 2.30. The zero-order valence-electron chi connectivity index (χ0n) is 10.1. The van der Waals surface area contributed by atoms with Crippen molar-refractivity contribution in [2.45, 2.75) is 26.7 Å². The first-order valence-electron chi connectivity index (χ1n) is 5.24. The Hall–Kier alpha value is -0.960. The lowest BCUT2D eigenvalue weighted by atomic mass is 10.1. The fourth-order valence-corrected chi connectivity index (χ4v) is 3.47. The maximum atomic E-state index is 4.08. The highest BCUT2D eigenvalue weighted by molar-refractivity contribution is 7.17. The summed E-state index contributed by atoms with van der Waals surface area (Å²) in [5.74, 6) is 1.67. The quantitative estimate of drug-likeness (QED) is 0.717. The first kappa shape index (κ1) is 10.6. The molecule has 0 saturated carbocycles. The Kier molecular flexibility index (Phi) is 2.30. The molecule has 0 spiro atoms. The van der Waals surface area contributed by atoms with E-state index in [-0.39, 0.29) is 0 Å². The molecule has 82 valence electrons. The van der Waals surface area contributed by atoms with E-state index in [0.717, 1.165) is 5.82 Å². The summed E-state index contributed by atoms with van der Waals surface area (Å²) in [6.45, 7) is 10.8. The summed E-state index contributed by atoms with van der Waals surface area (Å²) in [4.78, 5) is 5.86. The number of nitrogens with zero attached hydrogens (tertiary/aromatic N) is 2. The van der Waals surface area contributed by atoms with Gasteiger partial charge in [-0.3, -0.25) is 0 Å².